The van der Waals surface area contributed by atoms with E-state index in [1.165, 1.54) is 25.8 Å². The molecule has 0 aliphatic carbocycles. The third-order valence-corrected chi connectivity index (χ3v) is 3.73. The van der Waals surface area contributed by atoms with Crippen LogP contribution in [0.15, 0.2) is 0 Å². The molecule has 0 saturated carbocycles. The summed E-state index contributed by atoms with van der Waals surface area (Å²) < 4.78 is 0. The Morgan fingerprint density at radius 2 is 2.08 bits per heavy atom. The first-order valence-electron chi connectivity index (χ1n) is 5.34. The molecular formula is C11H23N. The van der Waals surface area contributed by atoms with E-state index in [2.05, 4.69) is 33.0 Å². The van der Waals surface area contributed by atoms with Crippen LogP contribution in [0.1, 0.15) is 47.0 Å². The van der Waals surface area contributed by atoms with Gasteiger partial charge in [-0.1, -0.05) is 34.1 Å². The van der Waals surface area contributed by atoms with Crippen molar-refractivity contribution < 1.29 is 0 Å². The fraction of sp³-hybridized carbons (Fsp3) is 1.00. The maximum absolute atomic E-state index is 3.55. The molecule has 0 aromatic rings. The Morgan fingerprint density at radius 1 is 1.50 bits per heavy atom. The summed E-state index contributed by atoms with van der Waals surface area (Å²) in [5.74, 6) is 0.801. The second-order valence-electron chi connectivity index (χ2n) is 4.71. The van der Waals surface area contributed by atoms with Gasteiger partial charge >= 0.3 is 0 Å². The fourth-order valence-corrected chi connectivity index (χ4v) is 2.26. The van der Waals surface area contributed by atoms with Crippen LogP contribution < -0.4 is 5.32 Å². The van der Waals surface area contributed by atoms with Crippen LogP contribution in [-0.2, 0) is 0 Å². The Morgan fingerprint density at radius 3 is 2.33 bits per heavy atom. The SMILES string of the molecule is CCCC(C)(C(C)C)C1CCN1. The highest BCUT2D eigenvalue weighted by molar-refractivity contribution is 4.94. The van der Waals surface area contributed by atoms with Gasteiger partial charge in [0.2, 0.25) is 0 Å². The maximum Gasteiger partial charge on any atom is 0.0135 e. The van der Waals surface area contributed by atoms with Crippen molar-refractivity contribution in [3.05, 3.63) is 0 Å². The van der Waals surface area contributed by atoms with Crippen LogP contribution in [-0.4, -0.2) is 12.6 Å². The van der Waals surface area contributed by atoms with Crippen molar-refractivity contribution in [3.63, 3.8) is 0 Å². The van der Waals surface area contributed by atoms with Crippen LogP contribution in [0.5, 0.6) is 0 Å². The molecule has 1 aliphatic rings. The number of hydrogen-bond acceptors (Lipinski definition) is 1. The summed E-state index contributed by atoms with van der Waals surface area (Å²) in [6, 6.07) is 0.789. The number of hydrogen-bond donors (Lipinski definition) is 1. The van der Waals surface area contributed by atoms with Gasteiger partial charge in [0.1, 0.15) is 0 Å². The number of nitrogens with one attached hydrogen (secondary N) is 1. The minimum absolute atomic E-state index is 0.535. The van der Waals surface area contributed by atoms with Gasteiger partial charge < -0.3 is 5.32 Å². The van der Waals surface area contributed by atoms with Gasteiger partial charge in [-0.15, -0.1) is 0 Å². The average molecular weight is 169 g/mol. The Kier molecular flexibility index (Phi) is 3.16. The van der Waals surface area contributed by atoms with Crippen molar-refractivity contribution in [3.8, 4) is 0 Å². The zero-order valence-corrected chi connectivity index (χ0v) is 8.98. The average Bonchev–Trinajstić information content (AvgIpc) is 1.83. The molecule has 0 amide bonds. The van der Waals surface area contributed by atoms with Crippen molar-refractivity contribution in [1.82, 2.24) is 5.32 Å². The van der Waals surface area contributed by atoms with E-state index in [9.17, 15) is 0 Å². The molecule has 1 saturated heterocycles. The highest BCUT2D eigenvalue weighted by Gasteiger charge is 2.39. The molecule has 1 aliphatic heterocycles. The normalized spacial score (nSPS) is 28.2. The van der Waals surface area contributed by atoms with Crippen LogP contribution in [0.2, 0.25) is 0 Å². The van der Waals surface area contributed by atoms with Crippen LogP contribution in [0.25, 0.3) is 0 Å². The van der Waals surface area contributed by atoms with Crippen LogP contribution in [0.4, 0.5) is 0 Å². The molecule has 1 rings (SSSR count). The van der Waals surface area contributed by atoms with Crippen LogP contribution in [0.3, 0.4) is 0 Å². The van der Waals surface area contributed by atoms with Crippen molar-refractivity contribution in [2.24, 2.45) is 11.3 Å². The lowest BCUT2D eigenvalue weighted by atomic mass is 9.67. The second kappa shape index (κ2) is 3.78. The summed E-state index contributed by atoms with van der Waals surface area (Å²) in [6.45, 7) is 10.7. The van der Waals surface area contributed by atoms with Crippen molar-refractivity contribution in [1.29, 1.82) is 0 Å². The molecule has 72 valence electrons. The van der Waals surface area contributed by atoms with Crippen LogP contribution >= 0.6 is 0 Å². The highest BCUT2D eigenvalue weighted by atomic mass is 15.0. The molecule has 0 aromatic heterocycles. The molecule has 2 atom stereocenters. The third-order valence-electron chi connectivity index (χ3n) is 3.73. The quantitative estimate of drug-likeness (QED) is 0.682. The van der Waals surface area contributed by atoms with E-state index in [4.69, 9.17) is 0 Å². The molecular weight excluding hydrogens is 146 g/mol. The lowest BCUT2D eigenvalue weighted by Gasteiger charge is -2.47. The molecule has 1 heterocycles. The third kappa shape index (κ3) is 1.66. The molecule has 0 spiro atoms. The minimum Gasteiger partial charge on any atom is -0.313 e. The van der Waals surface area contributed by atoms with Crippen molar-refractivity contribution >= 4 is 0 Å². The maximum atomic E-state index is 3.55. The zero-order valence-electron chi connectivity index (χ0n) is 8.98. The summed E-state index contributed by atoms with van der Waals surface area (Å²) in [7, 11) is 0. The highest BCUT2D eigenvalue weighted by Crippen LogP contribution is 2.39. The van der Waals surface area contributed by atoms with Gasteiger partial charge in [0, 0.05) is 6.04 Å². The standard InChI is InChI=1S/C11H23N/c1-5-7-11(4,9(2)3)10-6-8-12-10/h9-10,12H,5-8H2,1-4H3. The summed E-state index contributed by atoms with van der Waals surface area (Å²) in [4.78, 5) is 0. The fourth-order valence-electron chi connectivity index (χ4n) is 2.26. The summed E-state index contributed by atoms with van der Waals surface area (Å²) in [6.07, 6.45) is 4.06. The molecule has 1 nitrogen and oxygen atoms in total. The molecule has 1 N–H and O–H groups in total. The Hall–Kier alpha value is -0.0400. The largest absolute Gasteiger partial charge is 0.313 e. The topological polar surface area (TPSA) is 12.0 Å². The molecule has 0 bridgehead atoms. The van der Waals surface area contributed by atoms with Gasteiger partial charge in [-0.05, 0) is 30.7 Å². The molecule has 0 radical (unpaired) electrons. The van der Waals surface area contributed by atoms with Crippen molar-refractivity contribution in [2.45, 2.75) is 53.0 Å². The molecule has 1 heteroatoms. The lowest BCUT2D eigenvalue weighted by Crippen LogP contribution is -2.55. The van der Waals surface area contributed by atoms with E-state index in [-0.39, 0.29) is 0 Å². The van der Waals surface area contributed by atoms with Gasteiger partial charge in [-0.25, -0.2) is 0 Å². The smallest absolute Gasteiger partial charge is 0.0135 e. The summed E-state index contributed by atoms with van der Waals surface area (Å²) in [5.41, 5.74) is 0.535. The molecule has 0 aromatic carbocycles. The van der Waals surface area contributed by atoms with Gasteiger partial charge in [-0.3, -0.25) is 0 Å². The molecule has 1 fully saturated rings. The first-order chi connectivity index (χ1) is 5.61. The van der Waals surface area contributed by atoms with Gasteiger partial charge in [0.15, 0.2) is 0 Å². The predicted octanol–water partition coefficient (Wildman–Crippen LogP) is 2.81. The monoisotopic (exact) mass is 169 g/mol. The number of rotatable bonds is 4. The van der Waals surface area contributed by atoms with E-state index < -0.39 is 0 Å². The lowest BCUT2D eigenvalue weighted by molar-refractivity contribution is 0.0833. The first-order valence-corrected chi connectivity index (χ1v) is 5.34. The molecule has 12 heavy (non-hydrogen) atoms. The Labute approximate surface area is 76.9 Å². The first kappa shape index (κ1) is 10.0. The summed E-state index contributed by atoms with van der Waals surface area (Å²) >= 11 is 0. The van der Waals surface area contributed by atoms with Crippen LogP contribution in [0, 0.1) is 11.3 Å². The van der Waals surface area contributed by atoms with E-state index in [0.29, 0.717) is 5.41 Å². The van der Waals surface area contributed by atoms with Gasteiger partial charge in [-0.2, -0.15) is 0 Å². The second-order valence-corrected chi connectivity index (χ2v) is 4.71. The minimum atomic E-state index is 0.535. The van der Waals surface area contributed by atoms with Crippen molar-refractivity contribution in [2.75, 3.05) is 6.54 Å². The summed E-state index contributed by atoms with van der Waals surface area (Å²) in [5, 5.41) is 3.55. The van der Waals surface area contributed by atoms with Gasteiger partial charge in [0.05, 0.1) is 0 Å². The van der Waals surface area contributed by atoms with E-state index in [0.717, 1.165) is 12.0 Å². The van der Waals surface area contributed by atoms with E-state index in [1.54, 1.807) is 0 Å². The Bertz CT molecular complexity index is 138. The zero-order chi connectivity index (χ0) is 9.19. The van der Waals surface area contributed by atoms with E-state index in [1.807, 2.05) is 0 Å². The predicted molar refractivity (Wildman–Crippen MR) is 54.3 cm³/mol. The Balaban J connectivity index is 2.56. The van der Waals surface area contributed by atoms with Gasteiger partial charge in [0.25, 0.3) is 0 Å². The van der Waals surface area contributed by atoms with E-state index >= 15 is 0 Å². The molecule has 2 unspecified atom stereocenters.